The normalized spacial score (nSPS) is 27.3. The van der Waals surface area contributed by atoms with E-state index in [0.29, 0.717) is 17.7 Å². The van der Waals surface area contributed by atoms with E-state index in [-0.39, 0.29) is 5.82 Å². The van der Waals surface area contributed by atoms with Crippen molar-refractivity contribution in [1.82, 2.24) is 5.32 Å². The Morgan fingerprint density at radius 1 is 1.32 bits per heavy atom. The first-order valence-electron chi connectivity index (χ1n) is 7.17. The zero-order valence-electron chi connectivity index (χ0n) is 12.1. The van der Waals surface area contributed by atoms with E-state index in [1.807, 2.05) is 6.07 Å². The van der Waals surface area contributed by atoms with Gasteiger partial charge in [-0.15, -0.1) is 0 Å². The Kier molecular flexibility index (Phi) is 4.81. The Morgan fingerprint density at radius 3 is 2.79 bits per heavy atom. The number of ether oxygens (including phenoxy) is 1. The van der Waals surface area contributed by atoms with Gasteiger partial charge in [-0.05, 0) is 36.0 Å². The van der Waals surface area contributed by atoms with Crippen LogP contribution in [0.4, 0.5) is 4.39 Å². The molecule has 19 heavy (non-hydrogen) atoms. The predicted octanol–water partition coefficient (Wildman–Crippen LogP) is 3.75. The third kappa shape index (κ3) is 3.47. The molecular weight excluding hydrogens is 241 g/mol. The molecule has 0 bridgehead atoms. The smallest absolute Gasteiger partial charge is 0.165 e. The molecule has 0 heterocycles. The van der Waals surface area contributed by atoms with E-state index in [4.69, 9.17) is 4.74 Å². The minimum atomic E-state index is -0.285. The Bertz CT molecular complexity index is 421. The number of benzene rings is 1. The summed E-state index contributed by atoms with van der Waals surface area (Å²) in [6.45, 7) is 5.37. The molecule has 1 aromatic carbocycles. The van der Waals surface area contributed by atoms with Crippen LogP contribution in [-0.2, 0) is 6.54 Å². The first-order chi connectivity index (χ1) is 9.11. The molecule has 1 N–H and O–H groups in total. The van der Waals surface area contributed by atoms with Crippen LogP contribution in [0.5, 0.6) is 5.75 Å². The molecule has 2 rings (SSSR count). The summed E-state index contributed by atoms with van der Waals surface area (Å²) in [4.78, 5) is 0. The summed E-state index contributed by atoms with van der Waals surface area (Å²) in [5.74, 6) is 1.49. The van der Waals surface area contributed by atoms with Gasteiger partial charge >= 0.3 is 0 Å². The molecule has 1 saturated carbocycles. The van der Waals surface area contributed by atoms with E-state index in [1.165, 1.54) is 26.4 Å². The molecule has 3 atom stereocenters. The van der Waals surface area contributed by atoms with Crippen LogP contribution in [-0.4, -0.2) is 13.2 Å². The Hall–Kier alpha value is -1.09. The first kappa shape index (κ1) is 14.3. The highest BCUT2D eigenvalue weighted by Crippen LogP contribution is 2.29. The molecule has 0 saturated heterocycles. The number of hydrogen-bond acceptors (Lipinski definition) is 2. The highest BCUT2D eigenvalue weighted by Gasteiger charge is 2.26. The molecule has 3 unspecified atom stereocenters. The Morgan fingerprint density at radius 2 is 2.11 bits per heavy atom. The summed E-state index contributed by atoms with van der Waals surface area (Å²) in [6.07, 6.45) is 3.85. The van der Waals surface area contributed by atoms with Crippen molar-refractivity contribution in [2.75, 3.05) is 7.11 Å². The van der Waals surface area contributed by atoms with E-state index >= 15 is 0 Å². The lowest BCUT2D eigenvalue weighted by Gasteiger charge is -2.34. The first-order valence-corrected chi connectivity index (χ1v) is 7.17. The number of halogens is 1. The maximum atomic E-state index is 13.6. The summed E-state index contributed by atoms with van der Waals surface area (Å²) < 4.78 is 18.5. The maximum absolute atomic E-state index is 13.6. The van der Waals surface area contributed by atoms with Crippen LogP contribution in [0.25, 0.3) is 0 Å². The van der Waals surface area contributed by atoms with Gasteiger partial charge in [0.05, 0.1) is 7.11 Å². The van der Waals surface area contributed by atoms with Gasteiger partial charge in [0.25, 0.3) is 0 Å². The van der Waals surface area contributed by atoms with E-state index in [1.54, 1.807) is 12.1 Å². The van der Waals surface area contributed by atoms with Crippen molar-refractivity contribution in [3.63, 3.8) is 0 Å². The summed E-state index contributed by atoms with van der Waals surface area (Å²) in [5, 5.41) is 3.58. The second-order valence-corrected chi connectivity index (χ2v) is 5.72. The van der Waals surface area contributed by atoms with Crippen LogP contribution in [0.2, 0.25) is 0 Å². The molecule has 1 aliphatic rings. The second kappa shape index (κ2) is 6.38. The van der Waals surface area contributed by atoms with Crippen molar-refractivity contribution in [2.45, 2.75) is 45.7 Å². The van der Waals surface area contributed by atoms with Gasteiger partial charge in [0.15, 0.2) is 11.6 Å². The molecule has 1 fully saturated rings. The highest BCUT2D eigenvalue weighted by atomic mass is 19.1. The highest BCUT2D eigenvalue weighted by molar-refractivity contribution is 5.29. The molecule has 0 aliphatic heterocycles. The molecule has 0 aromatic heterocycles. The van der Waals surface area contributed by atoms with Gasteiger partial charge in [-0.25, -0.2) is 4.39 Å². The fraction of sp³-hybridized carbons (Fsp3) is 0.625. The van der Waals surface area contributed by atoms with E-state index in [0.717, 1.165) is 18.0 Å². The molecule has 3 heteroatoms. The van der Waals surface area contributed by atoms with Crippen molar-refractivity contribution in [3.8, 4) is 5.75 Å². The van der Waals surface area contributed by atoms with E-state index in [9.17, 15) is 4.39 Å². The predicted molar refractivity (Wildman–Crippen MR) is 75.8 cm³/mol. The number of nitrogens with one attached hydrogen (secondary N) is 1. The van der Waals surface area contributed by atoms with Gasteiger partial charge in [0.1, 0.15) is 0 Å². The SMILES string of the molecule is COc1ccc(CNC2CCCC(C)C2C)cc1F. The lowest BCUT2D eigenvalue weighted by molar-refractivity contribution is 0.206. The summed E-state index contributed by atoms with van der Waals surface area (Å²) in [7, 11) is 1.49. The van der Waals surface area contributed by atoms with Gasteiger partial charge in [0.2, 0.25) is 0 Å². The standard InChI is InChI=1S/C16H24FNO/c1-11-5-4-6-15(12(11)2)18-10-13-7-8-16(19-3)14(17)9-13/h7-9,11-12,15,18H,4-6,10H2,1-3H3. The molecular formula is C16H24FNO. The van der Waals surface area contributed by atoms with Gasteiger partial charge in [-0.2, -0.15) is 0 Å². The minimum absolute atomic E-state index is 0.285. The van der Waals surface area contributed by atoms with Crippen molar-refractivity contribution in [3.05, 3.63) is 29.6 Å². The largest absolute Gasteiger partial charge is 0.494 e. The quantitative estimate of drug-likeness (QED) is 0.895. The van der Waals surface area contributed by atoms with Crippen LogP contribution >= 0.6 is 0 Å². The fourth-order valence-electron chi connectivity index (χ4n) is 2.94. The van der Waals surface area contributed by atoms with Crippen LogP contribution in [0.3, 0.4) is 0 Å². The maximum Gasteiger partial charge on any atom is 0.165 e. The number of hydrogen-bond donors (Lipinski definition) is 1. The summed E-state index contributed by atoms with van der Waals surface area (Å²) >= 11 is 0. The zero-order valence-corrected chi connectivity index (χ0v) is 12.1. The van der Waals surface area contributed by atoms with E-state index in [2.05, 4.69) is 19.2 Å². The van der Waals surface area contributed by atoms with Crippen LogP contribution in [0, 0.1) is 17.7 Å². The van der Waals surface area contributed by atoms with Crippen molar-refractivity contribution < 1.29 is 9.13 Å². The monoisotopic (exact) mass is 265 g/mol. The molecule has 1 aliphatic carbocycles. The average Bonchev–Trinajstić information content (AvgIpc) is 2.40. The second-order valence-electron chi connectivity index (χ2n) is 5.72. The average molecular weight is 265 g/mol. The van der Waals surface area contributed by atoms with Crippen LogP contribution in [0.1, 0.15) is 38.7 Å². The molecule has 106 valence electrons. The lowest BCUT2D eigenvalue weighted by Crippen LogP contribution is -2.40. The molecule has 2 nitrogen and oxygen atoms in total. The van der Waals surface area contributed by atoms with Crippen LogP contribution < -0.4 is 10.1 Å². The van der Waals surface area contributed by atoms with Crippen LogP contribution in [0.15, 0.2) is 18.2 Å². The summed E-state index contributed by atoms with van der Waals surface area (Å²) in [6, 6.07) is 5.72. The number of rotatable bonds is 4. The third-order valence-electron chi connectivity index (χ3n) is 4.49. The Balaban J connectivity index is 1.93. The van der Waals surface area contributed by atoms with Crippen molar-refractivity contribution in [1.29, 1.82) is 0 Å². The topological polar surface area (TPSA) is 21.3 Å². The summed E-state index contributed by atoms with van der Waals surface area (Å²) in [5.41, 5.74) is 0.976. The van der Waals surface area contributed by atoms with Crippen molar-refractivity contribution >= 4 is 0 Å². The molecule has 0 radical (unpaired) electrons. The minimum Gasteiger partial charge on any atom is -0.494 e. The van der Waals surface area contributed by atoms with E-state index < -0.39 is 0 Å². The Labute approximate surface area is 115 Å². The molecule has 1 aromatic rings. The van der Waals surface area contributed by atoms with Crippen molar-refractivity contribution in [2.24, 2.45) is 11.8 Å². The zero-order chi connectivity index (χ0) is 13.8. The lowest BCUT2D eigenvalue weighted by atomic mass is 9.78. The molecule has 0 amide bonds. The third-order valence-corrected chi connectivity index (χ3v) is 4.49. The van der Waals surface area contributed by atoms with Gasteiger partial charge in [0, 0.05) is 12.6 Å². The van der Waals surface area contributed by atoms with Gasteiger partial charge < -0.3 is 10.1 Å². The number of methoxy groups -OCH3 is 1. The van der Waals surface area contributed by atoms with Gasteiger partial charge in [-0.1, -0.05) is 32.8 Å². The fourth-order valence-corrected chi connectivity index (χ4v) is 2.94. The molecule has 0 spiro atoms. The van der Waals surface area contributed by atoms with Gasteiger partial charge in [-0.3, -0.25) is 0 Å².